The summed E-state index contributed by atoms with van der Waals surface area (Å²) < 4.78 is 2.75. The number of hydrogen-bond acceptors (Lipinski definition) is 3. The molecule has 0 heterocycles. The van der Waals surface area contributed by atoms with Crippen molar-refractivity contribution < 1.29 is 0 Å². The standard InChI is InChI=1S/C6H14IN3/c1-3-6(4-2)5-8-10-9-7/h3,6,8-10H,1,4-5H2,2H3. The first kappa shape index (κ1) is 10.3. The minimum atomic E-state index is 0.553. The first-order valence-electron chi connectivity index (χ1n) is 3.31. The van der Waals surface area contributed by atoms with Crippen molar-refractivity contribution >= 4 is 22.9 Å². The largest absolute Gasteiger partial charge is 0.243 e. The molecule has 0 spiro atoms. The van der Waals surface area contributed by atoms with E-state index < -0.39 is 0 Å². The van der Waals surface area contributed by atoms with Crippen molar-refractivity contribution in [3.05, 3.63) is 12.7 Å². The summed E-state index contributed by atoms with van der Waals surface area (Å²) in [5.74, 6) is 0.553. The van der Waals surface area contributed by atoms with Gasteiger partial charge in [0.25, 0.3) is 0 Å². The predicted molar refractivity (Wildman–Crippen MR) is 52.3 cm³/mol. The molecule has 0 bridgehead atoms. The quantitative estimate of drug-likeness (QED) is 0.219. The number of halogens is 1. The van der Waals surface area contributed by atoms with Crippen LogP contribution in [0.1, 0.15) is 13.3 Å². The maximum absolute atomic E-state index is 3.72. The van der Waals surface area contributed by atoms with E-state index in [0.717, 1.165) is 13.0 Å². The van der Waals surface area contributed by atoms with Gasteiger partial charge in [-0.05, 0) is 12.3 Å². The smallest absolute Gasteiger partial charge is 0.0346 e. The molecule has 4 heteroatoms. The van der Waals surface area contributed by atoms with Crippen LogP contribution in [-0.4, -0.2) is 6.54 Å². The van der Waals surface area contributed by atoms with Gasteiger partial charge in [-0.25, -0.2) is 5.43 Å². The highest BCUT2D eigenvalue weighted by Gasteiger charge is 1.97. The van der Waals surface area contributed by atoms with Gasteiger partial charge in [-0.2, -0.15) is 9.17 Å². The molecule has 10 heavy (non-hydrogen) atoms. The Labute approximate surface area is 76.1 Å². The van der Waals surface area contributed by atoms with E-state index in [1.807, 2.05) is 28.9 Å². The van der Waals surface area contributed by atoms with E-state index in [-0.39, 0.29) is 0 Å². The fourth-order valence-electron chi connectivity index (χ4n) is 0.610. The highest BCUT2D eigenvalue weighted by Crippen LogP contribution is 1.99. The van der Waals surface area contributed by atoms with Crippen molar-refractivity contribution in [2.24, 2.45) is 5.92 Å². The molecule has 0 fully saturated rings. The van der Waals surface area contributed by atoms with Crippen molar-refractivity contribution in [2.45, 2.75) is 13.3 Å². The minimum absolute atomic E-state index is 0.553. The van der Waals surface area contributed by atoms with Crippen LogP contribution in [0.4, 0.5) is 0 Å². The average Bonchev–Trinajstić information content (AvgIpc) is 1.99. The van der Waals surface area contributed by atoms with E-state index in [9.17, 15) is 0 Å². The van der Waals surface area contributed by atoms with E-state index in [1.54, 1.807) is 0 Å². The molecule has 0 aromatic carbocycles. The number of nitrogens with one attached hydrogen (secondary N) is 3. The minimum Gasteiger partial charge on any atom is -0.243 e. The Kier molecular flexibility index (Phi) is 7.72. The van der Waals surface area contributed by atoms with Crippen molar-refractivity contribution in [3.8, 4) is 0 Å². The highest BCUT2D eigenvalue weighted by atomic mass is 127. The second kappa shape index (κ2) is 7.46. The molecular formula is C6H14IN3. The summed E-state index contributed by atoms with van der Waals surface area (Å²) in [6.45, 7) is 6.78. The summed E-state index contributed by atoms with van der Waals surface area (Å²) in [5.41, 5.74) is 5.78. The fraction of sp³-hybridized carbons (Fsp3) is 0.667. The molecule has 0 rings (SSSR count). The Morgan fingerprint density at radius 2 is 2.40 bits per heavy atom. The Hall–Kier alpha value is 0.350. The molecule has 1 atom stereocenters. The third kappa shape index (κ3) is 5.16. The second-order valence-electron chi connectivity index (χ2n) is 2.00. The van der Waals surface area contributed by atoms with E-state index in [1.165, 1.54) is 0 Å². The molecule has 0 aliphatic carbocycles. The Morgan fingerprint density at radius 1 is 1.70 bits per heavy atom. The molecule has 0 aliphatic heterocycles. The third-order valence-corrected chi connectivity index (χ3v) is 1.63. The Balaban J connectivity index is 3.17. The lowest BCUT2D eigenvalue weighted by molar-refractivity contribution is 0.467. The van der Waals surface area contributed by atoms with Crippen LogP contribution in [0.15, 0.2) is 12.7 Å². The molecule has 0 saturated carbocycles. The monoisotopic (exact) mass is 255 g/mol. The highest BCUT2D eigenvalue weighted by molar-refractivity contribution is 14.1. The SMILES string of the molecule is C=CC(CC)CNNNI. The summed E-state index contributed by atoms with van der Waals surface area (Å²) in [5, 5.41) is 0. The molecule has 0 amide bonds. The molecule has 3 nitrogen and oxygen atoms in total. The molecule has 1 unspecified atom stereocenters. The van der Waals surface area contributed by atoms with Gasteiger partial charge < -0.3 is 0 Å². The molecule has 0 aromatic heterocycles. The van der Waals surface area contributed by atoms with Crippen molar-refractivity contribution in [1.82, 2.24) is 14.6 Å². The van der Waals surface area contributed by atoms with E-state index in [0.29, 0.717) is 5.92 Å². The van der Waals surface area contributed by atoms with Gasteiger partial charge >= 0.3 is 0 Å². The van der Waals surface area contributed by atoms with Gasteiger partial charge in [0, 0.05) is 29.4 Å². The molecule has 3 N–H and O–H groups in total. The first-order chi connectivity index (χ1) is 4.85. The van der Waals surface area contributed by atoms with Gasteiger partial charge in [0.2, 0.25) is 0 Å². The first-order valence-corrected chi connectivity index (χ1v) is 4.39. The average molecular weight is 255 g/mol. The van der Waals surface area contributed by atoms with E-state index in [2.05, 4.69) is 28.1 Å². The molecule has 0 saturated heterocycles. The van der Waals surface area contributed by atoms with Crippen molar-refractivity contribution in [2.75, 3.05) is 6.54 Å². The Morgan fingerprint density at radius 3 is 2.80 bits per heavy atom. The van der Waals surface area contributed by atoms with E-state index >= 15 is 0 Å². The number of hydrogen-bond donors (Lipinski definition) is 3. The van der Waals surface area contributed by atoms with Crippen LogP contribution in [0.2, 0.25) is 0 Å². The van der Waals surface area contributed by atoms with Crippen LogP contribution in [-0.2, 0) is 0 Å². The van der Waals surface area contributed by atoms with Crippen LogP contribution in [0, 0.1) is 5.92 Å². The van der Waals surface area contributed by atoms with Crippen molar-refractivity contribution in [1.29, 1.82) is 0 Å². The summed E-state index contributed by atoms with van der Waals surface area (Å²) in [6.07, 6.45) is 3.08. The Bertz CT molecular complexity index is 87.1. The van der Waals surface area contributed by atoms with Gasteiger partial charge in [0.05, 0.1) is 0 Å². The zero-order valence-electron chi connectivity index (χ0n) is 6.15. The summed E-state index contributed by atoms with van der Waals surface area (Å²) in [7, 11) is 0. The second-order valence-corrected chi connectivity index (χ2v) is 2.54. The summed E-state index contributed by atoms with van der Waals surface area (Å²) >= 11 is 2.01. The van der Waals surface area contributed by atoms with Gasteiger partial charge in [-0.3, -0.25) is 0 Å². The molecule has 0 aliphatic rings. The lowest BCUT2D eigenvalue weighted by atomic mass is 10.1. The van der Waals surface area contributed by atoms with Crippen LogP contribution < -0.4 is 14.6 Å². The topological polar surface area (TPSA) is 36.1 Å². The normalized spacial score (nSPS) is 13.0. The van der Waals surface area contributed by atoms with Crippen LogP contribution in [0.5, 0.6) is 0 Å². The van der Waals surface area contributed by atoms with Gasteiger partial charge in [-0.1, -0.05) is 13.0 Å². The van der Waals surface area contributed by atoms with E-state index in [4.69, 9.17) is 0 Å². The molecular weight excluding hydrogens is 241 g/mol. The fourth-order valence-corrected chi connectivity index (χ4v) is 0.801. The maximum Gasteiger partial charge on any atom is 0.0346 e. The zero-order valence-corrected chi connectivity index (χ0v) is 8.31. The van der Waals surface area contributed by atoms with Gasteiger partial charge in [0.15, 0.2) is 0 Å². The van der Waals surface area contributed by atoms with Crippen LogP contribution >= 0.6 is 22.9 Å². The summed E-state index contributed by atoms with van der Waals surface area (Å²) in [4.78, 5) is 0. The maximum atomic E-state index is 3.72. The molecule has 0 aromatic rings. The van der Waals surface area contributed by atoms with Crippen LogP contribution in [0.25, 0.3) is 0 Å². The predicted octanol–water partition coefficient (Wildman–Crippen LogP) is 1.15. The van der Waals surface area contributed by atoms with Gasteiger partial charge in [-0.15, -0.1) is 6.58 Å². The number of hydrazine groups is 2. The van der Waals surface area contributed by atoms with Crippen LogP contribution in [0.3, 0.4) is 0 Å². The molecule has 0 radical (unpaired) electrons. The third-order valence-electron chi connectivity index (χ3n) is 1.36. The summed E-state index contributed by atoms with van der Waals surface area (Å²) in [6, 6.07) is 0. The van der Waals surface area contributed by atoms with Crippen molar-refractivity contribution in [3.63, 3.8) is 0 Å². The lowest BCUT2D eigenvalue weighted by Crippen LogP contribution is -2.40. The lowest BCUT2D eigenvalue weighted by Gasteiger charge is -2.09. The number of rotatable bonds is 6. The molecule has 60 valence electrons. The van der Waals surface area contributed by atoms with Gasteiger partial charge in [0.1, 0.15) is 0 Å². The zero-order chi connectivity index (χ0) is 7.82.